The summed E-state index contributed by atoms with van der Waals surface area (Å²) in [6.45, 7) is 4.09. The van der Waals surface area contributed by atoms with E-state index in [1.54, 1.807) is 35.3 Å². The molecule has 36 heavy (non-hydrogen) atoms. The number of urea groups is 1. The van der Waals surface area contributed by atoms with Crippen molar-refractivity contribution in [2.45, 2.75) is 6.54 Å². The average Bonchev–Trinajstić information content (AvgIpc) is 3.38. The molecule has 9 heteroatoms. The van der Waals surface area contributed by atoms with Crippen LogP contribution in [0.1, 0.15) is 5.56 Å². The minimum absolute atomic E-state index is 0.389. The number of nitrogens with zero attached hydrogens (tertiary/aromatic N) is 3. The van der Waals surface area contributed by atoms with Gasteiger partial charge in [0.2, 0.25) is 0 Å². The molecule has 184 valence electrons. The first-order chi connectivity index (χ1) is 17.6. The Balaban J connectivity index is 1.17. The maximum atomic E-state index is 12.3. The van der Waals surface area contributed by atoms with Gasteiger partial charge in [-0.25, -0.2) is 9.48 Å². The van der Waals surface area contributed by atoms with Crippen LogP contribution in [0, 0.1) is 0 Å². The van der Waals surface area contributed by atoms with Gasteiger partial charge in [-0.3, -0.25) is 0 Å². The maximum Gasteiger partial charge on any atom is 0.323 e. The zero-order valence-corrected chi connectivity index (χ0v) is 20.4. The maximum absolute atomic E-state index is 12.3. The predicted molar refractivity (Wildman–Crippen MR) is 144 cm³/mol. The number of nitrogens with one attached hydrogen (secondary N) is 3. The Labute approximate surface area is 214 Å². The average molecular weight is 503 g/mol. The molecular formula is C27H27ClN6O2. The molecule has 1 aliphatic rings. The third kappa shape index (κ3) is 5.97. The standard InChI is InChI=1S/C27H27ClN6O2/c28-25-6-1-2-7-26(25)32-27(35)31-22-18-30-34(19-22)24-5-3-4-20(16-24)17-29-21-8-10-23(11-9-21)33-12-14-36-15-13-33/h1-11,16,18-19,29H,12-15,17H2,(H2,31,32,35). The molecule has 0 unspecified atom stereocenters. The highest BCUT2D eigenvalue weighted by molar-refractivity contribution is 6.33. The van der Waals surface area contributed by atoms with Crippen LogP contribution in [0.25, 0.3) is 5.69 Å². The fourth-order valence-electron chi connectivity index (χ4n) is 4.00. The number of hydrogen-bond donors (Lipinski definition) is 3. The molecular weight excluding hydrogens is 476 g/mol. The van der Waals surface area contributed by atoms with Gasteiger partial charge in [0.15, 0.2) is 0 Å². The second-order valence-electron chi connectivity index (χ2n) is 8.40. The number of carbonyl (C=O) groups is 1. The monoisotopic (exact) mass is 502 g/mol. The second kappa shape index (κ2) is 11.2. The van der Waals surface area contributed by atoms with Gasteiger partial charge < -0.3 is 25.6 Å². The van der Waals surface area contributed by atoms with Gasteiger partial charge in [0.05, 0.1) is 47.7 Å². The number of hydrogen-bond acceptors (Lipinski definition) is 5. The predicted octanol–water partition coefficient (Wildman–Crippen LogP) is 5.62. The summed E-state index contributed by atoms with van der Waals surface area (Å²) in [6.07, 6.45) is 3.37. The summed E-state index contributed by atoms with van der Waals surface area (Å²) in [4.78, 5) is 14.7. The smallest absolute Gasteiger partial charge is 0.323 e. The van der Waals surface area contributed by atoms with Gasteiger partial charge >= 0.3 is 6.03 Å². The fourth-order valence-corrected chi connectivity index (χ4v) is 4.18. The van der Waals surface area contributed by atoms with E-state index in [0.717, 1.165) is 43.2 Å². The van der Waals surface area contributed by atoms with Crippen molar-refractivity contribution in [2.75, 3.05) is 47.2 Å². The van der Waals surface area contributed by atoms with Crippen molar-refractivity contribution in [1.82, 2.24) is 9.78 Å². The Morgan fingerprint density at radius 2 is 1.72 bits per heavy atom. The summed E-state index contributed by atoms with van der Waals surface area (Å²) in [5.74, 6) is 0. The van der Waals surface area contributed by atoms with Crippen LogP contribution in [0.4, 0.5) is 27.5 Å². The zero-order chi connectivity index (χ0) is 24.7. The minimum atomic E-state index is -0.389. The third-order valence-electron chi connectivity index (χ3n) is 5.88. The molecule has 8 nitrogen and oxygen atoms in total. The van der Waals surface area contributed by atoms with Crippen molar-refractivity contribution >= 4 is 40.4 Å². The molecule has 0 aliphatic carbocycles. The molecule has 1 aromatic heterocycles. The highest BCUT2D eigenvalue weighted by Crippen LogP contribution is 2.22. The highest BCUT2D eigenvalue weighted by Gasteiger charge is 2.11. The summed E-state index contributed by atoms with van der Waals surface area (Å²) in [7, 11) is 0. The molecule has 2 amide bonds. The van der Waals surface area contributed by atoms with Crippen LogP contribution in [0.5, 0.6) is 0 Å². The number of benzene rings is 3. The molecule has 4 aromatic rings. The minimum Gasteiger partial charge on any atom is -0.381 e. The van der Waals surface area contributed by atoms with Gasteiger partial charge in [-0.05, 0) is 54.1 Å². The number of rotatable bonds is 7. The molecule has 1 fully saturated rings. The van der Waals surface area contributed by atoms with E-state index in [4.69, 9.17) is 16.3 Å². The lowest BCUT2D eigenvalue weighted by Gasteiger charge is -2.28. The van der Waals surface area contributed by atoms with Crippen molar-refractivity contribution in [3.63, 3.8) is 0 Å². The number of halogens is 1. The summed E-state index contributed by atoms with van der Waals surface area (Å²) in [5, 5.41) is 13.9. The van der Waals surface area contributed by atoms with Crippen LogP contribution in [-0.4, -0.2) is 42.1 Å². The van der Waals surface area contributed by atoms with Crippen LogP contribution in [0.3, 0.4) is 0 Å². The number of para-hydroxylation sites is 1. The molecule has 1 aliphatic heterocycles. The first-order valence-electron chi connectivity index (χ1n) is 11.8. The van der Waals surface area contributed by atoms with Gasteiger partial charge in [0.1, 0.15) is 0 Å². The lowest BCUT2D eigenvalue weighted by molar-refractivity contribution is 0.122. The fraction of sp³-hybridized carbons (Fsp3) is 0.185. The summed E-state index contributed by atoms with van der Waals surface area (Å²) in [5.41, 5.74) is 5.41. The van der Waals surface area contributed by atoms with E-state index in [9.17, 15) is 4.79 Å². The third-order valence-corrected chi connectivity index (χ3v) is 6.21. The number of ether oxygens (including phenoxy) is 1. The van der Waals surface area contributed by atoms with Gasteiger partial charge in [-0.1, -0.05) is 35.9 Å². The first-order valence-corrected chi connectivity index (χ1v) is 12.1. The van der Waals surface area contributed by atoms with Crippen molar-refractivity contribution in [3.8, 4) is 5.69 Å². The van der Waals surface area contributed by atoms with E-state index in [-0.39, 0.29) is 6.03 Å². The molecule has 0 saturated carbocycles. The first kappa shape index (κ1) is 23.7. The number of aromatic nitrogens is 2. The van der Waals surface area contributed by atoms with Gasteiger partial charge in [0, 0.05) is 31.0 Å². The van der Waals surface area contributed by atoms with Crippen molar-refractivity contribution in [1.29, 1.82) is 0 Å². The molecule has 5 rings (SSSR count). The molecule has 3 aromatic carbocycles. The van der Waals surface area contributed by atoms with E-state index in [2.05, 4.69) is 62.3 Å². The van der Waals surface area contributed by atoms with E-state index in [0.29, 0.717) is 22.9 Å². The summed E-state index contributed by atoms with van der Waals surface area (Å²) < 4.78 is 7.16. The quantitative estimate of drug-likeness (QED) is 0.305. The number of carbonyl (C=O) groups excluding carboxylic acids is 1. The normalized spacial score (nSPS) is 13.3. The van der Waals surface area contributed by atoms with E-state index in [1.165, 1.54) is 5.69 Å². The van der Waals surface area contributed by atoms with E-state index in [1.807, 2.05) is 18.2 Å². The molecule has 0 radical (unpaired) electrons. The van der Waals surface area contributed by atoms with Crippen LogP contribution in [0.15, 0.2) is 85.2 Å². The van der Waals surface area contributed by atoms with Crippen LogP contribution in [-0.2, 0) is 11.3 Å². The van der Waals surface area contributed by atoms with Gasteiger partial charge in [0.25, 0.3) is 0 Å². The molecule has 0 spiro atoms. The number of amides is 2. The molecule has 0 atom stereocenters. The number of morpholine rings is 1. The van der Waals surface area contributed by atoms with Gasteiger partial charge in [-0.2, -0.15) is 5.10 Å². The summed E-state index contributed by atoms with van der Waals surface area (Å²) in [6, 6.07) is 23.3. The molecule has 0 bridgehead atoms. The Hall–Kier alpha value is -4.01. The van der Waals surface area contributed by atoms with E-state index < -0.39 is 0 Å². The topological polar surface area (TPSA) is 83.5 Å². The lowest BCUT2D eigenvalue weighted by Crippen LogP contribution is -2.36. The number of anilines is 4. The molecule has 2 heterocycles. The van der Waals surface area contributed by atoms with Crippen LogP contribution >= 0.6 is 11.6 Å². The Morgan fingerprint density at radius 3 is 2.53 bits per heavy atom. The van der Waals surface area contributed by atoms with Crippen LogP contribution < -0.4 is 20.9 Å². The van der Waals surface area contributed by atoms with Gasteiger partial charge in [-0.15, -0.1) is 0 Å². The molecule has 1 saturated heterocycles. The van der Waals surface area contributed by atoms with Crippen molar-refractivity contribution in [2.24, 2.45) is 0 Å². The van der Waals surface area contributed by atoms with Crippen LogP contribution in [0.2, 0.25) is 5.02 Å². The second-order valence-corrected chi connectivity index (χ2v) is 8.81. The van der Waals surface area contributed by atoms with Crippen molar-refractivity contribution < 1.29 is 9.53 Å². The summed E-state index contributed by atoms with van der Waals surface area (Å²) >= 11 is 6.10. The Morgan fingerprint density at radius 1 is 0.917 bits per heavy atom. The largest absolute Gasteiger partial charge is 0.381 e. The lowest BCUT2D eigenvalue weighted by atomic mass is 10.2. The van der Waals surface area contributed by atoms with Crippen molar-refractivity contribution in [3.05, 3.63) is 95.8 Å². The zero-order valence-electron chi connectivity index (χ0n) is 19.7. The SMILES string of the molecule is O=C(Nc1cnn(-c2cccc(CNc3ccc(N4CCOCC4)cc3)c2)c1)Nc1ccccc1Cl. The van der Waals surface area contributed by atoms with E-state index >= 15 is 0 Å². The highest BCUT2D eigenvalue weighted by atomic mass is 35.5. The Kier molecular flexibility index (Phi) is 7.35. The molecule has 3 N–H and O–H groups in total. The Bertz CT molecular complexity index is 1320.